The van der Waals surface area contributed by atoms with Gasteiger partial charge in [-0.3, -0.25) is 9.59 Å². The van der Waals surface area contributed by atoms with Gasteiger partial charge < -0.3 is 9.47 Å². The van der Waals surface area contributed by atoms with E-state index in [4.69, 9.17) is 4.74 Å². The molecule has 1 aliphatic rings. The number of para-hydroxylation sites is 1. The van der Waals surface area contributed by atoms with Crippen LogP contribution in [-0.2, 0) is 16.0 Å². The molecule has 5 heteroatoms. The number of hydrogen-bond donors (Lipinski definition) is 0. The van der Waals surface area contributed by atoms with Crippen LogP contribution in [0, 0.1) is 0 Å². The molecule has 0 bridgehead atoms. The van der Waals surface area contributed by atoms with E-state index in [2.05, 4.69) is 4.74 Å². The van der Waals surface area contributed by atoms with Crippen molar-refractivity contribution in [3.05, 3.63) is 51.7 Å². The number of ether oxygens (including phenoxy) is 2. The van der Waals surface area contributed by atoms with Crippen molar-refractivity contribution in [1.29, 1.82) is 0 Å². The number of hydrogen-bond acceptors (Lipinski definition) is 5. The number of fused-ring (bicyclic) bond motifs is 1. The van der Waals surface area contributed by atoms with E-state index in [-0.39, 0.29) is 24.1 Å². The van der Waals surface area contributed by atoms with Crippen molar-refractivity contribution in [2.45, 2.75) is 12.3 Å². The number of Topliss-reactive ketones (excluding diaryl/α,β-unsaturated/α-hetero) is 1. The molecule has 108 valence electrons. The van der Waals surface area contributed by atoms with Crippen LogP contribution in [0.15, 0.2) is 36.4 Å². The highest BCUT2D eigenvalue weighted by Crippen LogP contribution is 2.36. The Balaban J connectivity index is 1.79. The fraction of sp³-hybridized carbons (Fsp3) is 0.250. The number of esters is 1. The summed E-state index contributed by atoms with van der Waals surface area (Å²) >= 11 is 1.34. The maximum atomic E-state index is 12.6. The summed E-state index contributed by atoms with van der Waals surface area (Å²) in [6.45, 7) is 0.377. The number of carbonyl (C=O) groups excluding carboxylic acids is 2. The van der Waals surface area contributed by atoms with E-state index < -0.39 is 0 Å². The summed E-state index contributed by atoms with van der Waals surface area (Å²) in [5.74, 6) is 0.263. The molecule has 21 heavy (non-hydrogen) atoms. The second-order valence-corrected chi connectivity index (χ2v) is 5.95. The first-order valence-electron chi connectivity index (χ1n) is 6.60. The molecule has 1 aliphatic heterocycles. The Morgan fingerprint density at radius 3 is 2.90 bits per heavy atom. The molecule has 2 aromatic rings. The highest BCUT2D eigenvalue weighted by atomic mass is 32.1. The summed E-state index contributed by atoms with van der Waals surface area (Å²) < 4.78 is 10.2. The highest BCUT2D eigenvalue weighted by molar-refractivity contribution is 7.14. The van der Waals surface area contributed by atoms with E-state index in [1.807, 2.05) is 24.3 Å². The molecule has 0 saturated heterocycles. The van der Waals surface area contributed by atoms with Crippen LogP contribution in [0.5, 0.6) is 5.75 Å². The van der Waals surface area contributed by atoms with Crippen LogP contribution in [-0.4, -0.2) is 25.5 Å². The highest BCUT2D eigenvalue weighted by Gasteiger charge is 2.31. The SMILES string of the molecule is COC(=O)Cc1ccc(C(=O)C2COc3ccccc32)s1. The van der Waals surface area contributed by atoms with Crippen molar-refractivity contribution in [3.63, 3.8) is 0 Å². The maximum absolute atomic E-state index is 12.6. The molecule has 1 atom stereocenters. The summed E-state index contributed by atoms with van der Waals surface area (Å²) in [6, 6.07) is 11.2. The van der Waals surface area contributed by atoms with Gasteiger partial charge in [0, 0.05) is 10.4 Å². The van der Waals surface area contributed by atoms with E-state index in [9.17, 15) is 9.59 Å². The Hall–Kier alpha value is -2.14. The zero-order valence-electron chi connectivity index (χ0n) is 11.5. The number of ketones is 1. The largest absolute Gasteiger partial charge is 0.492 e. The lowest BCUT2D eigenvalue weighted by Gasteiger charge is -2.05. The molecule has 2 heterocycles. The number of benzene rings is 1. The molecule has 1 aromatic carbocycles. The van der Waals surface area contributed by atoms with Gasteiger partial charge in [0.15, 0.2) is 5.78 Å². The number of methoxy groups -OCH3 is 1. The van der Waals surface area contributed by atoms with Crippen LogP contribution in [0.2, 0.25) is 0 Å². The normalized spacial score (nSPS) is 16.1. The summed E-state index contributed by atoms with van der Waals surface area (Å²) in [5.41, 5.74) is 0.936. The number of rotatable bonds is 4. The molecule has 0 aliphatic carbocycles. The van der Waals surface area contributed by atoms with E-state index in [1.54, 1.807) is 12.1 Å². The van der Waals surface area contributed by atoms with E-state index in [0.29, 0.717) is 11.5 Å². The van der Waals surface area contributed by atoms with Gasteiger partial charge in [-0.2, -0.15) is 0 Å². The van der Waals surface area contributed by atoms with Gasteiger partial charge in [-0.05, 0) is 18.2 Å². The second-order valence-electron chi connectivity index (χ2n) is 4.78. The van der Waals surface area contributed by atoms with Gasteiger partial charge in [0.05, 0.1) is 24.3 Å². The van der Waals surface area contributed by atoms with Crippen molar-refractivity contribution < 1.29 is 19.1 Å². The lowest BCUT2D eigenvalue weighted by molar-refractivity contribution is -0.139. The first-order valence-corrected chi connectivity index (χ1v) is 7.42. The maximum Gasteiger partial charge on any atom is 0.310 e. The third-order valence-corrected chi connectivity index (χ3v) is 4.57. The molecule has 0 amide bonds. The number of thiophene rings is 1. The predicted octanol–water partition coefficient (Wildman–Crippen LogP) is 2.82. The molecule has 4 nitrogen and oxygen atoms in total. The minimum atomic E-state index is -0.301. The van der Waals surface area contributed by atoms with Crippen molar-refractivity contribution in [2.24, 2.45) is 0 Å². The summed E-state index contributed by atoms with van der Waals surface area (Å²) in [6.07, 6.45) is 0.201. The first kappa shape index (κ1) is 13.8. The van der Waals surface area contributed by atoms with Gasteiger partial charge in [0.25, 0.3) is 0 Å². The fourth-order valence-corrected chi connectivity index (χ4v) is 3.36. The van der Waals surface area contributed by atoms with E-state index in [1.165, 1.54) is 18.4 Å². The average molecular weight is 302 g/mol. The van der Waals surface area contributed by atoms with Gasteiger partial charge in [-0.15, -0.1) is 11.3 Å². The first-order chi connectivity index (χ1) is 10.2. The molecule has 0 radical (unpaired) electrons. The van der Waals surface area contributed by atoms with Crippen LogP contribution < -0.4 is 4.74 Å². The standard InChI is InChI=1S/C16H14O4S/c1-19-15(17)8-10-6-7-14(21-10)16(18)12-9-20-13-5-3-2-4-11(12)13/h2-7,12H,8-9H2,1H3. The number of carbonyl (C=O) groups is 2. The molecule has 3 rings (SSSR count). The monoisotopic (exact) mass is 302 g/mol. The molecule has 1 aromatic heterocycles. The minimum absolute atomic E-state index is 0.0427. The zero-order chi connectivity index (χ0) is 14.8. The van der Waals surface area contributed by atoms with Crippen molar-refractivity contribution in [1.82, 2.24) is 0 Å². The lowest BCUT2D eigenvalue weighted by Crippen LogP contribution is -2.13. The fourth-order valence-electron chi connectivity index (χ4n) is 2.37. The topological polar surface area (TPSA) is 52.6 Å². The van der Waals surface area contributed by atoms with Gasteiger partial charge in [0.2, 0.25) is 0 Å². The van der Waals surface area contributed by atoms with Crippen molar-refractivity contribution in [3.8, 4) is 5.75 Å². The van der Waals surface area contributed by atoms with Gasteiger partial charge in [-0.1, -0.05) is 18.2 Å². The molecular formula is C16H14O4S. The van der Waals surface area contributed by atoms with Crippen molar-refractivity contribution >= 4 is 23.1 Å². The summed E-state index contributed by atoms with van der Waals surface area (Å²) in [4.78, 5) is 25.3. The lowest BCUT2D eigenvalue weighted by atomic mass is 9.96. The third-order valence-electron chi connectivity index (χ3n) is 3.47. The summed E-state index contributed by atoms with van der Waals surface area (Å²) in [5, 5.41) is 0. The summed E-state index contributed by atoms with van der Waals surface area (Å²) in [7, 11) is 1.36. The second kappa shape index (κ2) is 5.69. The molecular weight excluding hydrogens is 288 g/mol. The van der Waals surface area contributed by atoms with Gasteiger partial charge >= 0.3 is 5.97 Å². The molecule has 0 saturated carbocycles. The Morgan fingerprint density at radius 2 is 2.10 bits per heavy atom. The Kier molecular flexibility index (Phi) is 3.75. The van der Waals surface area contributed by atoms with Crippen LogP contribution in [0.4, 0.5) is 0 Å². The van der Waals surface area contributed by atoms with Crippen molar-refractivity contribution in [2.75, 3.05) is 13.7 Å². The Labute approximate surface area is 126 Å². The zero-order valence-corrected chi connectivity index (χ0v) is 12.3. The Bertz CT molecular complexity index is 689. The predicted molar refractivity (Wildman–Crippen MR) is 79.0 cm³/mol. The quantitative estimate of drug-likeness (QED) is 0.644. The molecule has 0 N–H and O–H groups in total. The van der Waals surface area contributed by atoms with Crippen LogP contribution in [0.3, 0.4) is 0 Å². The average Bonchev–Trinajstić information content (AvgIpc) is 3.13. The third kappa shape index (κ3) is 2.69. The van der Waals surface area contributed by atoms with Gasteiger partial charge in [0.1, 0.15) is 12.4 Å². The molecule has 0 fully saturated rings. The van der Waals surface area contributed by atoms with E-state index in [0.717, 1.165) is 16.2 Å². The molecule has 0 spiro atoms. The van der Waals surface area contributed by atoms with Crippen LogP contribution >= 0.6 is 11.3 Å². The molecule has 1 unspecified atom stereocenters. The minimum Gasteiger partial charge on any atom is -0.492 e. The smallest absolute Gasteiger partial charge is 0.310 e. The van der Waals surface area contributed by atoms with Crippen LogP contribution in [0.1, 0.15) is 26.0 Å². The van der Waals surface area contributed by atoms with E-state index >= 15 is 0 Å². The van der Waals surface area contributed by atoms with Gasteiger partial charge in [-0.25, -0.2) is 0 Å². The van der Waals surface area contributed by atoms with Crippen LogP contribution in [0.25, 0.3) is 0 Å². The Morgan fingerprint density at radius 1 is 1.29 bits per heavy atom.